The number of benzene rings is 3. The van der Waals surface area contributed by atoms with Crippen LogP contribution in [0.5, 0.6) is 11.5 Å². The van der Waals surface area contributed by atoms with E-state index in [1.165, 1.54) is 35.0 Å². The Balaban J connectivity index is 1.79. The Hall–Kier alpha value is -4.90. The fourth-order valence-corrected chi connectivity index (χ4v) is 5.75. The smallest absolute Gasteiger partial charge is 0.493 e. The summed E-state index contributed by atoms with van der Waals surface area (Å²) in [6.07, 6.45) is -2.78. The molecule has 3 aromatic carbocycles. The molecule has 0 spiro atoms. The van der Waals surface area contributed by atoms with Gasteiger partial charge in [-0.3, -0.25) is 4.79 Å². The number of rotatable bonds is 8. The molecular formula is C35H33F3N2O6. The van der Waals surface area contributed by atoms with Gasteiger partial charge in [-0.2, -0.15) is 0 Å². The molecule has 1 aliphatic heterocycles. The van der Waals surface area contributed by atoms with Crippen molar-refractivity contribution >= 4 is 28.7 Å². The number of carboxylic acid groups (broad SMARTS) is 1. The Labute approximate surface area is 263 Å². The van der Waals surface area contributed by atoms with Crippen LogP contribution in [-0.4, -0.2) is 40.4 Å². The molecule has 1 unspecified atom stereocenters. The van der Waals surface area contributed by atoms with Crippen LogP contribution in [0.4, 0.5) is 13.2 Å². The largest absolute Gasteiger partial charge is 0.573 e. The molecule has 46 heavy (non-hydrogen) atoms. The second kappa shape index (κ2) is 12.5. The summed E-state index contributed by atoms with van der Waals surface area (Å²) in [4.78, 5) is 26.1. The van der Waals surface area contributed by atoms with Gasteiger partial charge < -0.3 is 29.3 Å². The zero-order valence-corrected chi connectivity index (χ0v) is 25.7. The predicted molar refractivity (Wildman–Crippen MR) is 169 cm³/mol. The lowest BCUT2D eigenvalue weighted by Crippen LogP contribution is -2.28. The highest BCUT2D eigenvalue weighted by Gasteiger charge is 2.33. The third kappa shape index (κ3) is 6.99. The molecule has 5 rings (SSSR count). The number of nitrogens with zero attached hydrogens (tertiary/aromatic N) is 1. The Bertz CT molecular complexity index is 1920. The number of aryl methyl sites for hydroxylation is 1. The summed E-state index contributed by atoms with van der Waals surface area (Å²) in [6, 6.07) is 15.6. The van der Waals surface area contributed by atoms with Crippen LogP contribution in [0.25, 0.3) is 27.6 Å². The third-order valence-corrected chi connectivity index (χ3v) is 7.50. The normalized spacial score (nSPS) is 14.9. The Kier molecular flexibility index (Phi) is 8.81. The minimum absolute atomic E-state index is 0.0748. The number of pyridine rings is 1. The molecule has 1 aliphatic rings. The molecule has 8 nitrogen and oxygen atoms in total. The maximum Gasteiger partial charge on any atom is 0.573 e. The third-order valence-electron chi connectivity index (χ3n) is 7.50. The quantitative estimate of drug-likeness (QED) is 0.192. The van der Waals surface area contributed by atoms with Gasteiger partial charge in [0.05, 0.1) is 24.3 Å². The first-order valence-electron chi connectivity index (χ1n) is 14.5. The highest BCUT2D eigenvalue weighted by molar-refractivity contribution is 6.00. The average Bonchev–Trinajstić information content (AvgIpc) is 2.96. The van der Waals surface area contributed by atoms with Crippen LogP contribution >= 0.6 is 0 Å². The van der Waals surface area contributed by atoms with Crippen molar-refractivity contribution in [2.75, 3.05) is 6.61 Å². The van der Waals surface area contributed by atoms with E-state index in [0.717, 1.165) is 11.1 Å². The minimum Gasteiger partial charge on any atom is -0.493 e. The molecule has 4 aromatic rings. The lowest BCUT2D eigenvalue weighted by molar-refractivity contribution is -0.274. The Morgan fingerprint density at radius 1 is 1.11 bits per heavy atom. The number of ether oxygens (including phenoxy) is 3. The zero-order chi connectivity index (χ0) is 33.4. The van der Waals surface area contributed by atoms with Crippen LogP contribution in [0.3, 0.4) is 0 Å². The molecule has 0 radical (unpaired) electrons. The summed E-state index contributed by atoms with van der Waals surface area (Å²) < 4.78 is 56.2. The summed E-state index contributed by atoms with van der Waals surface area (Å²) in [5, 5.41) is 18.6. The fraction of sp³-hybridized carbons (Fsp3) is 0.286. The van der Waals surface area contributed by atoms with Crippen molar-refractivity contribution in [2.45, 2.75) is 58.7 Å². The van der Waals surface area contributed by atoms with Gasteiger partial charge in [0.2, 0.25) is 0 Å². The van der Waals surface area contributed by atoms with Gasteiger partial charge in [-0.1, -0.05) is 18.2 Å². The van der Waals surface area contributed by atoms with Gasteiger partial charge in [0.25, 0.3) is 5.56 Å². The lowest BCUT2D eigenvalue weighted by atomic mass is 9.86. The van der Waals surface area contributed by atoms with Crippen molar-refractivity contribution in [1.29, 1.82) is 5.41 Å². The molecule has 1 aromatic heterocycles. The van der Waals surface area contributed by atoms with Crippen molar-refractivity contribution in [1.82, 2.24) is 4.57 Å². The van der Waals surface area contributed by atoms with Crippen molar-refractivity contribution in [3.63, 3.8) is 0 Å². The molecule has 1 atom stereocenters. The highest BCUT2D eigenvalue weighted by atomic mass is 19.4. The number of halogens is 3. The summed E-state index contributed by atoms with van der Waals surface area (Å²) in [7, 11) is 0. The van der Waals surface area contributed by atoms with Crippen molar-refractivity contribution < 1.29 is 37.3 Å². The van der Waals surface area contributed by atoms with E-state index in [-0.39, 0.29) is 6.54 Å². The van der Waals surface area contributed by atoms with Crippen LogP contribution in [0, 0.1) is 12.3 Å². The number of allylic oxidation sites excluding steroid dienone is 1. The number of nitrogens with one attached hydrogen (secondary N) is 1. The van der Waals surface area contributed by atoms with E-state index in [2.05, 4.69) is 4.74 Å². The molecule has 0 fully saturated rings. The average molecular weight is 635 g/mol. The van der Waals surface area contributed by atoms with Gasteiger partial charge >= 0.3 is 12.3 Å². The molecule has 0 aliphatic carbocycles. The Morgan fingerprint density at radius 3 is 2.54 bits per heavy atom. The maximum atomic E-state index is 13.3. The van der Waals surface area contributed by atoms with Gasteiger partial charge in [-0.25, -0.2) is 4.79 Å². The molecule has 0 saturated carbocycles. The Morgan fingerprint density at radius 2 is 1.87 bits per heavy atom. The maximum absolute atomic E-state index is 13.3. The highest BCUT2D eigenvalue weighted by Crippen LogP contribution is 2.43. The first kappa shape index (κ1) is 32.5. The number of fused-ring (bicyclic) bond motifs is 2. The van der Waals surface area contributed by atoms with Crippen LogP contribution in [0.1, 0.15) is 55.5 Å². The van der Waals surface area contributed by atoms with E-state index >= 15 is 0 Å². The molecule has 0 bridgehead atoms. The summed E-state index contributed by atoms with van der Waals surface area (Å²) in [6.45, 7) is 7.40. The molecule has 2 heterocycles. The summed E-state index contributed by atoms with van der Waals surface area (Å²) in [5.74, 6) is -0.981. The lowest BCUT2D eigenvalue weighted by Gasteiger charge is -2.29. The number of carbonyl (C=O) groups is 1. The number of hydrogen-bond acceptors (Lipinski definition) is 6. The van der Waals surface area contributed by atoms with Gasteiger partial charge in [-0.15, -0.1) is 13.2 Å². The number of aliphatic carboxylic acids is 1. The molecule has 0 amide bonds. The first-order valence-corrected chi connectivity index (χ1v) is 14.5. The van der Waals surface area contributed by atoms with E-state index in [0.29, 0.717) is 57.5 Å². The van der Waals surface area contributed by atoms with Crippen molar-refractivity contribution in [3.8, 4) is 22.6 Å². The number of carboxylic acids is 1. The summed E-state index contributed by atoms with van der Waals surface area (Å²) >= 11 is 0. The number of hydrogen-bond donors (Lipinski definition) is 2. The van der Waals surface area contributed by atoms with Crippen molar-refractivity contribution in [3.05, 3.63) is 99.3 Å². The first-order chi connectivity index (χ1) is 21.6. The van der Waals surface area contributed by atoms with E-state index in [1.807, 2.05) is 12.1 Å². The van der Waals surface area contributed by atoms with Crippen LogP contribution < -0.4 is 15.0 Å². The molecule has 0 saturated heterocycles. The van der Waals surface area contributed by atoms with E-state index in [9.17, 15) is 27.9 Å². The number of alkyl halides is 3. The van der Waals surface area contributed by atoms with Gasteiger partial charge in [0.1, 0.15) is 11.5 Å². The van der Waals surface area contributed by atoms with Gasteiger partial charge in [0.15, 0.2) is 6.10 Å². The monoisotopic (exact) mass is 634 g/mol. The van der Waals surface area contributed by atoms with Crippen LogP contribution in [-0.2, 0) is 16.1 Å². The number of aromatic nitrogens is 1. The second-order valence-electron chi connectivity index (χ2n) is 12.0. The van der Waals surface area contributed by atoms with Crippen LogP contribution in [0.2, 0.25) is 0 Å². The minimum atomic E-state index is -4.87. The SMILES string of the molecule is Cc1cc2c(ccc(=O)n2Cc2cccc(OC(F)(F)F)c2)c(-c2ccc3c(c2)C(=CC=N)CCO3)c1C(OC(C)(C)C)C(=O)O. The molecule has 240 valence electrons. The van der Waals surface area contributed by atoms with Crippen molar-refractivity contribution in [2.24, 2.45) is 0 Å². The van der Waals surface area contributed by atoms with E-state index in [1.54, 1.807) is 58.0 Å². The second-order valence-corrected chi connectivity index (χ2v) is 12.0. The van der Waals surface area contributed by atoms with Crippen LogP contribution in [0.15, 0.2) is 71.5 Å². The summed E-state index contributed by atoms with van der Waals surface area (Å²) in [5.41, 5.74) is 3.36. The topological polar surface area (TPSA) is 111 Å². The van der Waals surface area contributed by atoms with Gasteiger partial charge in [0, 0.05) is 35.2 Å². The van der Waals surface area contributed by atoms with Gasteiger partial charge in [-0.05, 0) is 98.0 Å². The standard InChI is InChI=1S/C35H33F3N2O6/c1-20-16-27-25(9-11-29(41)40(27)19-21-6-5-7-24(17-21)45-35(36,37)38)31(30(20)32(33(42)43)46-34(2,3)4)23-8-10-28-26(18-23)22(12-14-39)13-15-44-28/h5-12,14,16-18,32,39H,13,15,19H2,1-4H3,(H,42,43). The zero-order valence-electron chi connectivity index (χ0n) is 25.7. The predicted octanol–water partition coefficient (Wildman–Crippen LogP) is 7.68. The molecule has 11 heteroatoms. The van der Waals surface area contributed by atoms with E-state index in [4.69, 9.17) is 14.9 Å². The molecular weight excluding hydrogens is 601 g/mol. The fourth-order valence-electron chi connectivity index (χ4n) is 5.75. The van der Waals surface area contributed by atoms with E-state index < -0.39 is 35.3 Å². The molecule has 2 N–H and O–H groups in total.